The van der Waals surface area contributed by atoms with Gasteiger partial charge in [-0.2, -0.15) is 13.2 Å². The first-order chi connectivity index (χ1) is 11.3. The van der Waals surface area contributed by atoms with E-state index >= 15 is 0 Å². The fourth-order valence-electron chi connectivity index (χ4n) is 2.68. The Balaban J connectivity index is 1.74. The molecule has 0 amide bonds. The number of Topliss-reactive ketones (excluding diaryl/α,β-unsaturated/α-hetero) is 1. The van der Waals surface area contributed by atoms with Crippen molar-refractivity contribution in [2.24, 2.45) is 0 Å². The van der Waals surface area contributed by atoms with Gasteiger partial charge in [0.05, 0.1) is 5.56 Å². The van der Waals surface area contributed by atoms with Crippen molar-refractivity contribution in [2.45, 2.75) is 25.9 Å². The number of pyridine rings is 1. The number of rotatable bonds is 4. The molecule has 0 N–H and O–H groups in total. The number of hydrogen-bond acceptors (Lipinski definition) is 2. The maximum absolute atomic E-state index is 12.5. The molecule has 124 valence electrons. The monoisotopic (exact) mass is 332 g/mol. The lowest BCUT2D eigenvalue weighted by atomic mass is 10.0. The normalized spacial score (nSPS) is 11.8. The van der Waals surface area contributed by atoms with Crippen LogP contribution in [0, 0.1) is 6.92 Å². The van der Waals surface area contributed by atoms with Crippen LogP contribution in [0.4, 0.5) is 13.2 Å². The van der Waals surface area contributed by atoms with Crippen LogP contribution in [0.15, 0.2) is 48.8 Å². The summed E-state index contributed by atoms with van der Waals surface area (Å²) in [6.07, 6.45) is -0.608. The standard InChI is InChI=1S/C18H15F3N2O/c1-12-8-15(23-7-6-22-17(23)9-12)11-16(24)10-13-2-4-14(5-3-13)18(19,20)21/h2-9H,10-11H2,1H3. The second-order valence-electron chi connectivity index (χ2n) is 5.77. The highest BCUT2D eigenvalue weighted by Crippen LogP contribution is 2.29. The summed E-state index contributed by atoms with van der Waals surface area (Å²) in [5.41, 5.74) is 2.46. The summed E-state index contributed by atoms with van der Waals surface area (Å²) in [7, 11) is 0. The molecule has 0 saturated carbocycles. The van der Waals surface area contributed by atoms with E-state index in [1.165, 1.54) is 12.1 Å². The molecule has 0 radical (unpaired) electrons. The van der Waals surface area contributed by atoms with Gasteiger partial charge in [-0.1, -0.05) is 12.1 Å². The molecule has 0 aliphatic heterocycles. The lowest BCUT2D eigenvalue weighted by Gasteiger charge is -2.09. The van der Waals surface area contributed by atoms with Crippen LogP contribution in [0.5, 0.6) is 0 Å². The third-order valence-corrected chi connectivity index (χ3v) is 3.79. The quantitative estimate of drug-likeness (QED) is 0.723. The maximum atomic E-state index is 12.5. The largest absolute Gasteiger partial charge is 0.416 e. The molecule has 0 atom stereocenters. The highest BCUT2D eigenvalue weighted by molar-refractivity contribution is 5.83. The van der Waals surface area contributed by atoms with Crippen molar-refractivity contribution in [3.63, 3.8) is 0 Å². The Morgan fingerprint density at radius 2 is 1.83 bits per heavy atom. The molecule has 2 heterocycles. The van der Waals surface area contributed by atoms with Crippen LogP contribution in [-0.2, 0) is 23.8 Å². The molecule has 3 rings (SSSR count). The first-order valence-electron chi connectivity index (χ1n) is 7.43. The fraction of sp³-hybridized carbons (Fsp3) is 0.222. The van der Waals surface area contributed by atoms with Gasteiger partial charge >= 0.3 is 6.18 Å². The van der Waals surface area contributed by atoms with E-state index in [4.69, 9.17) is 0 Å². The Morgan fingerprint density at radius 1 is 1.12 bits per heavy atom. The Bertz CT molecular complexity index is 879. The van der Waals surface area contributed by atoms with E-state index in [0.29, 0.717) is 5.56 Å². The minimum Gasteiger partial charge on any atom is -0.304 e. The highest BCUT2D eigenvalue weighted by Gasteiger charge is 2.29. The zero-order chi connectivity index (χ0) is 17.3. The summed E-state index contributed by atoms with van der Waals surface area (Å²) in [6, 6.07) is 8.55. The maximum Gasteiger partial charge on any atom is 0.416 e. The van der Waals surface area contributed by atoms with E-state index in [1.807, 2.05) is 23.5 Å². The first-order valence-corrected chi connectivity index (χ1v) is 7.43. The number of nitrogens with zero attached hydrogens (tertiary/aromatic N) is 2. The zero-order valence-electron chi connectivity index (χ0n) is 13.0. The number of fused-ring (bicyclic) bond motifs is 1. The average Bonchev–Trinajstić information content (AvgIpc) is 2.95. The van der Waals surface area contributed by atoms with E-state index in [1.54, 1.807) is 12.4 Å². The number of carbonyl (C=O) groups excluding carboxylic acids is 1. The molecule has 6 heteroatoms. The molecule has 0 aliphatic rings. The van der Waals surface area contributed by atoms with Crippen molar-refractivity contribution in [1.82, 2.24) is 9.38 Å². The third-order valence-electron chi connectivity index (χ3n) is 3.79. The Labute approximate surface area is 136 Å². The van der Waals surface area contributed by atoms with Gasteiger partial charge in [-0.25, -0.2) is 4.98 Å². The smallest absolute Gasteiger partial charge is 0.304 e. The molecule has 0 saturated heterocycles. The zero-order valence-corrected chi connectivity index (χ0v) is 13.0. The second kappa shape index (κ2) is 6.11. The number of hydrogen-bond donors (Lipinski definition) is 0. The van der Waals surface area contributed by atoms with Gasteiger partial charge in [0.1, 0.15) is 11.4 Å². The summed E-state index contributed by atoms with van der Waals surface area (Å²) in [5, 5.41) is 0. The lowest BCUT2D eigenvalue weighted by molar-refractivity contribution is -0.137. The molecule has 3 aromatic rings. The predicted molar refractivity (Wildman–Crippen MR) is 83.8 cm³/mol. The topological polar surface area (TPSA) is 34.4 Å². The van der Waals surface area contributed by atoms with Crippen molar-refractivity contribution < 1.29 is 18.0 Å². The number of aryl methyl sites for hydroxylation is 1. The number of halogens is 3. The molecule has 2 aromatic heterocycles. The third kappa shape index (κ3) is 3.48. The molecule has 1 aromatic carbocycles. The second-order valence-corrected chi connectivity index (χ2v) is 5.77. The number of ketones is 1. The van der Waals surface area contributed by atoms with Gasteiger partial charge in [0.15, 0.2) is 0 Å². The molecule has 0 unspecified atom stereocenters. The molecular formula is C18H15F3N2O. The minimum atomic E-state index is -4.36. The number of benzene rings is 1. The molecule has 0 spiro atoms. The van der Waals surface area contributed by atoms with E-state index in [0.717, 1.165) is 29.0 Å². The first kappa shape index (κ1) is 16.2. The summed E-state index contributed by atoms with van der Waals surface area (Å²) in [5.74, 6) is -0.0599. The van der Waals surface area contributed by atoms with Crippen molar-refractivity contribution >= 4 is 11.4 Å². The SMILES string of the molecule is Cc1cc(CC(=O)Cc2ccc(C(F)(F)F)cc2)n2ccnc2c1. The van der Waals surface area contributed by atoms with Crippen LogP contribution >= 0.6 is 0 Å². The summed E-state index contributed by atoms with van der Waals surface area (Å²) in [6.45, 7) is 1.93. The lowest BCUT2D eigenvalue weighted by Crippen LogP contribution is -2.10. The molecule has 0 fully saturated rings. The van der Waals surface area contributed by atoms with Gasteiger partial charge in [0.2, 0.25) is 0 Å². The van der Waals surface area contributed by atoms with Gasteiger partial charge in [0, 0.05) is 30.9 Å². The number of carbonyl (C=O) groups is 1. The van der Waals surface area contributed by atoms with Crippen molar-refractivity contribution in [3.8, 4) is 0 Å². The van der Waals surface area contributed by atoms with E-state index in [9.17, 15) is 18.0 Å². The fourth-order valence-corrected chi connectivity index (χ4v) is 2.68. The van der Waals surface area contributed by atoms with Gasteiger partial charge in [-0.05, 0) is 42.3 Å². The molecule has 0 bridgehead atoms. The minimum absolute atomic E-state index is 0.0599. The highest BCUT2D eigenvalue weighted by atomic mass is 19.4. The van der Waals surface area contributed by atoms with E-state index in [2.05, 4.69) is 4.98 Å². The number of aromatic nitrogens is 2. The molecule has 24 heavy (non-hydrogen) atoms. The summed E-state index contributed by atoms with van der Waals surface area (Å²) < 4.78 is 39.5. The van der Waals surface area contributed by atoms with Crippen LogP contribution in [-0.4, -0.2) is 15.2 Å². The van der Waals surface area contributed by atoms with Crippen LogP contribution in [0.1, 0.15) is 22.4 Å². The van der Waals surface area contributed by atoms with Crippen molar-refractivity contribution in [3.05, 3.63) is 71.2 Å². The predicted octanol–water partition coefficient (Wildman–Crippen LogP) is 4.02. The van der Waals surface area contributed by atoms with E-state index < -0.39 is 11.7 Å². The number of alkyl halides is 3. The molecular weight excluding hydrogens is 317 g/mol. The average molecular weight is 332 g/mol. The Morgan fingerprint density at radius 3 is 2.50 bits per heavy atom. The van der Waals surface area contributed by atoms with Crippen LogP contribution in [0.2, 0.25) is 0 Å². The van der Waals surface area contributed by atoms with Crippen molar-refractivity contribution in [1.29, 1.82) is 0 Å². The van der Waals surface area contributed by atoms with Crippen LogP contribution in [0.3, 0.4) is 0 Å². The van der Waals surface area contributed by atoms with Gasteiger partial charge in [-0.3, -0.25) is 4.79 Å². The van der Waals surface area contributed by atoms with Gasteiger partial charge in [-0.15, -0.1) is 0 Å². The summed E-state index contributed by atoms with van der Waals surface area (Å²) in [4.78, 5) is 16.5. The van der Waals surface area contributed by atoms with Crippen molar-refractivity contribution in [2.75, 3.05) is 0 Å². The Hall–Kier alpha value is -2.63. The van der Waals surface area contributed by atoms with E-state index in [-0.39, 0.29) is 18.6 Å². The molecule has 0 aliphatic carbocycles. The number of imidazole rings is 1. The van der Waals surface area contributed by atoms with Gasteiger partial charge in [0.25, 0.3) is 0 Å². The van der Waals surface area contributed by atoms with Crippen LogP contribution < -0.4 is 0 Å². The van der Waals surface area contributed by atoms with Gasteiger partial charge < -0.3 is 4.40 Å². The van der Waals surface area contributed by atoms with Crippen LogP contribution in [0.25, 0.3) is 5.65 Å². The summed E-state index contributed by atoms with van der Waals surface area (Å²) >= 11 is 0. The molecule has 3 nitrogen and oxygen atoms in total. The Kier molecular flexibility index (Phi) is 4.13.